The molecule has 12 nitrogen and oxygen atoms in total. The molecule has 0 aliphatic carbocycles. The minimum absolute atomic E-state index is 0.168. The Hall–Kier alpha value is -4.82. The molecule has 3 heterocycles. The summed E-state index contributed by atoms with van der Waals surface area (Å²) in [5.74, 6) is 0.275. The average molecular weight is 647 g/mol. The van der Waals surface area contributed by atoms with E-state index in [1.165, 1.54) is 29.9 Å². The molecule has 2 aromatic carbocycles. The molecule has 1 atom stereocenters. The monoisotopic (exact) mass is 646 g/mol. The number of hydrogen-bond acceptors (Lipinski definition) is 10. The first kappa shape index (κ1) is 31.6. The molecule has 5 rings (SSSR count). The Bertz CT molecular complexity index is 2090. The van der Waals surface area contributed by atoms with Gasteiger partial charge in [0.25, 0.3) is 22.7 Å². The van der Waals surface area contributed by atoms with Crippen molar-refractivity contribution < 1.29 is 14.5 Å². The molecule has 0 fully saturated rings. The van der Waals surface area contributed by atoms with E-state index in [2.05, 4.69) is 9.97 Å². The van der Waals surface area contributed by atoms with Crippen molar-refractivity contribution in [3.8, 4) is 5.75 Å². The molecule has 45 heavy (non-hydrogen) atoms. The van der Waals surface area contributed by atoms with Gasteiger partial charge in [-0.15, -0.1) is 0 Å². The molecule has 0 radical (unpaired) electrons. The summed E-state index contributed by atoms with van der Waals surface area (Å²) in [5, 5.41) is 12.0. The van der Waals surface area contributed by atoms with Crippen molar-refractivity contribution in [1.29, 1.82) is 0 Å². The first-order valence-corrected chi connectivity index (χ1v) is 15.7. The number of carbonyl (C=O) groups excluding carboxylic acids is 1. The number of hydrogen-bond donors (Lipinski definition) is 1. The van der Waals surface area contributed by atoms with Gasteiger partial charge in [0.15, 0.2) is 9.96 Å². The second kappa shape index (κ2) is 13.0. The van der Waals surface area contributed by atoms with Crippen LogP contribution in [-0.4, -0.2) is 50.5 Å². The summed E-state index contributed by atoms with van der Waals surface area (Å²) in [6.45, 7) is 8.17. The molecule has 4 aromatic rings. The minimum atomic E-state index is -0.826. The van der Waals surface area contributed by atoms with Crippen LogP contribution in [0.25, 0.3) is 6.08 Å². The number of rotatable bonds is 9. The molecule has 0 unspecified atom stereocenters. The van der Waals surface area contributed by atoms with Crippen molar-refractivity contribution >= 4 is 40.8 Å². The van der Waals surface area contributed by atoms with Crippen LogP contribution in [0.1, 0.15) is 43.6 Å². The second-order valence-electron chi connectivity index (χ2n) is 10.1. The first-order chi connectivity index (χ1) is 21.6. The highest BCUT2D eigenvalue weighted by atomic mass is 32.2. The molecule has 0 bridgehead atoms. The van der Waals surface area contributed by atoms with Gasteiger partial charge in [0.2, 0.25) is 0 Å². The normalized spacial score (nSPS) is 14.6. The summed E-state index contributed by atoms with van der Waals surface area (Å²) >= 11 is 2.23. The lowest BCUT2D eigenvalue weighted by Crippen LogP contribution is -2.43. The van der Waals surface area contributed by atoms with Crippen molar-refractivity contribution in [2.75, 3.05) is 20.2 Å². The number of nitro groups is 1. The number of aryl methyl sites for hydroxylation is 1. The summed E-state index contributed by atoms with van der Waals surface area (Å²) in [5.41, 5.74) is 1.45. The van der Waals surface area contributed by atoms with Gasteiger partial charge in [0, 0.05) is 47.4 Å². The number of allylic oxidation sites excluding steroid dienone is 1. The molecule has 232 valence electrons. The summed E-state index contributed by atoms with van der Waals surface area (Å²) in [6.07, 6.45) is 1.57. The molecule has 0 spiro atoms. The molecule has 0 saturated heterocycles. The number of carbonyl (C=O) groups is 1. The maximum atomic E-state index is 14.3. The van der Waals surface area contributed by atoms with Gasteiger partial charge in [-0.3, -0.25) is 29.1 Å². The number of aromatic nitrogens is 3. The number of likely N-dealkylation sites (N-methyl/N-ethyl adjacent to an activating group) is 1. The molecule has 1 amide bonds. The van der Waals surface area contributed by atoms with Gasteiger partial charge in [0.1, 0.15) is 11.8 Å². The fourth-order valence-electron chi connectivity index (χ4n) is 5.16. The van der Waals surface area contributed by atoms with Crippen molar-refractivity contribution in [2.45, 2.75) is 43.8 Å². The van der Waals surface area contributed by atoms with Gasteiger partial charge in [0.05, 0.1) is 27.8 Å². The molecule has 0 saturated carbocycles. The third kappa shape index (κ3) is 6.24. The Kier molecular flexibility index (Phi) is 9.16. The maximum absolute atomic E-state index is 14.3. The molecule has 1 N–H and O–H groups in total. The zero-order valence-electron chi connectivity index (χ0n) is 25.2. The number of H-pyrrole nitrogens is 1. The number of nitro benzene ring substituents is 1. The largest absolute Gasteiger partial charge is 0.496 e. The van der Waals surface area contributed by atoms with Crippen LogP contribution in [0, 0.1) is 17.0 Å². The Balaban J connectivity index is 1.74. The highest BCUT2D eigenvalue weighted by molar-refractivity contribution is 7.99. The van der Waals surface area contributed by atoms with Crippen molar-refractivity contribution in [3.05, 3.63) is 117 Å². The minimum Gasteiger partial charge on any atom is -0.496 e. The third-order valence-electron chi connectivity index (χ3n) is 7.28. The van der Waals surface area contributed by atoms with Gasteiger partial charge in [-0.1, -0.05) is 41.3 Å². The number of methoxy groups -OCH3 is 1. The number of ether oxygens (including phenoxy) is 1. The van der Waals surface area contributed by atoms with Gasteiger partial charge >= 0.3 is 0 Å². The van der Waals surface area contributed by atoms with Crippen LogP contribution >= 0.6 is 23.1 Å². The van der Waals surface area contributed by atoms with Gasteiger partial charge < -0.3 is 14.6 Å². The number of nitrogens with zero attached hydrogens (tertiary/aromatic N) is 5. The Morgan fingerprint density at radius 1 is 1.18 bits per heavy atom. The van der Waals surface area contributed by atoms with E-state index in [1.54, 1.807) is 37.0 Å². The SMILES string of the molecule is CCN(CC)C(=O)C1=C(C)N=c2s/c(=C\c3cc([N+](=O)[O-])ccc3Sc3nc(C)cc(=O)[nH]3)c(=O)n2[C@@H]1c1ccccc1OC. The van der Waals surface area contributed by atoms with Crippen LogP contribution < -0.4 is 25.2 Å². The summed E-state index contributed by atoms with van der Waals surface area (Å²) in [6, 6.07) is 12.0. The number of fused-ring (bicyclic) bond motifs is 1. The number of thiazole rings is 1. The predicted octanol–water partition coefficient (Wildman–Crippen LogP) is 3.56. The van der Waals surface area contributed by atoms with E-state index < -0.39 is 16.5 Å². The Labute approximate surface area is 265 Å². The highest BCUT2D eigenvalue weighted by Gasteiger charge is 2.35. The summed E-state index contributed by atoms with van der Waals surface area (Å²) in [7, 11) is 1.53. The third-order valence-corrected chi connectivity index (χ3v) is 9.24. The van der Waals surface area contributed by atoms with Crippen molar-refractivity contribution in [2.24, 2.45) is 4.99 Å². The number of nitrogens with one attached hydrogen (secondary N) is 1. The highest BCUT2D eigenvalue weighted by Crippen LogP contribution is 2.36. The number of para-hydroxylation sites is 1. The van der Waals surface area contributed by atoms with Crippen molar-refractivity contribution in [1.82, 2.24) is 19.4 Å². The second-order valence-corrected chi connectivity index (χ2v) is 12.1. The summed E-state index contributed by atoms with van der Waals surface area (Å²) < 4.78 is 7.40. The zero-order chi connectivity index (χ0) is 32.4. The Morgan fingerprint density at radius 3 is 2.58 bits per heavy atom. The fourth-order valence-corrected chi connectivity index (χ4v) is 7.12. The zero-order valence-corrected chi connectivity index (χ0v) is 26.8. The number of aromatic amines is 1. The molecule has 2 aromatic heterocycles. The maximum Gasteiger partial charge on any atom is 0.271 e. The average Bonchev–Trinajstić information content (AvgIpc) is 3.30. The number of non-ortho nitro benzene ring substituents is 1. The smallest absolute Gasteiger partial charge is 0.271 e. The van der Waals surface area contributed by atoms with E-state index in [1.807, 2.05) is 32.0 Å². The first-order valence-electron chi connectivity index (χ1n) is 14.0. The van der Waals surface area contributed by atoms with Crippen LogP contribution in [0.2, 0.25) is 0 Å². The van der Waals surface area contributed by atoms with Gasteiger partial charge in [-0.2, -0.15) is 0 Å². The van der Waals surface area contributed by atoms with Crippen LogP contribution in [0.15, 0.2) is 84.4 Å². The lowest BCUT2D eigenvalue weighted by Gasteiger charge is -2.29. The lowest BCUT2D eigenvalue weighted by atomic mass is 9.94. The van der Waals surface area contributed by atoms with Crippen molar-refractivity contribution in [3.63, 3.8) is 0 Å². The van der Waals surface area contributed by atoms with E-state index in [0.717, 1.165) is 23.1 Å². The van der Waals surface area contributed by atoms with E-state index in [-0.39, 0.29) is 21.7 Å². The van der Waals surface area contributed by atoms with E-state index in [4.69, 9.17) is 9.73 Å². The standard InChI is InChI=1S/C31H30N6O6S2/c1-6-35(7-2)29(40)26-18(4)33-31-36(27(26)21-10-8-9-11-22(21)43-5)28(39)24(45-31)16-19-15-20(37(41)42)12-13-23(19)44-30-32-17(3)14-25(38)34-30/h8-16,27H,6-7H2,1-5H3,(H,32,34,38)/b24-16-/t27-/m1/s1. The van der Waals surface area contributed by atoms with E-state index >= 15 is 0 Å². The van der Waals surface area contributed by atoms with E-state index in [0.29, 0.717) is 61.8 Å². The fraction of sp³-hybridized carbons (Fsp3) is 0.258. The topological polar surface area (TPSA) is 153 Å². The van der Waals surface area contributed by atoms with Crippen LogP contribution in [0.3, 0.4) is 0 Å². The lowest BCUT2D eigenvalue weighted by molar-refractivity contribution is -0.384. The quantitative estimate of drug-likeness (QED) is 0.165. The summed E-state index contributed by atoms with van der Waals surface area (Å²) in [4.78, 5) is 65.7. The molecular weight excluding hydrogens is 617 g/mol. The molecular formula is C31H30N6O6S2. The molecule has 1 aliphatic heterocycles. The number of amides is 1. The molecule has 14 heteroatoms. The molecule has 1 aliphatic rings. The van der Waals surface area contributed by atoms with E-state index in [9.17, 15) is 24.5 Å². The van der Waals surface area contributed by atoms with Crippen LogP contribution in [-0.2, 0) is 4.79 Å². The van der Waals surface area contributed by atoms with Gasteiger partial charge in [-0.25, -0.2) is 9.98 Å². The Morgan fingerprint density at radius 2 is 1.91 bits per heavy atom. The van der Waals surface area contributed by atoms with Gasteiger partial charge in [-0.05, 0) is 51.5 Å². The van der Waals surface area contributed by atoms with Crippen LogP contribution in [0.4, 0.5) is 5.69 Å². The predicted molar refractivity (Wildman–Crippen MR) is 172 cm³/mol. The number of benzene rings is 2. The van der Waals surface area contributed by atoms with Crippen LogP contribution in [0.5, 0.6) is 5.75 Å².